The highest BCUT2D eigenvalue weighted by Gasteiger charge is 2.16. The molecule has 66 valence electrons. The van der Waals surface area contributed by atoms with Gasteiger partial charge in [0.05, 0.1) is 0 Å². The van der Waals surface area contributed by atoms with Crippen molar-refractivity contribution in [2.24, 2.45) is 5.92 Å². The number of rotatable bonds is 3. The summed E-state index contributed by atoms with van der Waals surface area (Å²) in [6, 6.07) is 0.714. The van der Waals surface area contributed by atoms with Crippen LogP contribution in [0.2, 0.25) is 0 Å². The molecule has 0 bridgehead atoms. The Morgan fingerprint density at radius 3 is 2.82 bits per heavy atom. The third-order valence-electron chi connectivity index (χ3n) is 2.43. The van der Waals surface area contributed by atoms with Crippen LogP contribution < -0.4 is 5.32 Å². The zero-order valence-electron chi connectivity index (χ0n) is 7.60. The third kappa shape index (κ3) is 3.21. The molecule has 1 aliphatic rings. The maximum absolute atomic E-state index is 5.03. The van der Waals surface area contributed by atoms with Crippen LogP contribution in [0.3, 0.4) is 0 Å². The molecule has 2 nitrogen and oxygen atoms in total. The SMILES string of the molecule is COCCC1CCC(C)CN1. The first kappa shape index (κ1) is 9.01. The number of hydrogen-bond acceptors (Lipinski definition) is 2. The molecule has 0 amide bonds. The number of nitrogens with one attached hydrogen (secondary N) is 1. The Hall–Kier alpha value is -0.0800. The highest BCUT2D eigenvalue weighted by molar-refractivity contribution is 4.75. The molecule has 0 spiro atoms. The first-order valence-corrected chi connectivity index (χ1v) is 4.55. The highest BCUT2D eigenvalue weighted by Crippen LogP contribution is 2.14. The van der Waals surface area contributed by atoms with Gasteiger partial charge >= 0.3 is 0 Å². The van der Waals surface area contributed by atoms with Crippen molar-refractivity contribution < 1.29 is 4.74 Å². The van der Waals surface area contributed by atoms with E-state index in [1.165, 1.54) is 25.8 Å². The molecular weight excluding hydrogens is 138 g/mol. The van der Waals surface area contributed by atoms with E-state index in [0.717, 1.165) is 12.5 Å². The minimum Gasteiger partial charge on any atom is -0.385 e. The van der Waals surface area contributed by atoms with Crippen LogP contribution in [-0.2, 0) is 4.74 Å². The molecule has 0 aromatic rings. The standard InChI is InChI=1S/C9H19NO/c1-8-3-4-9(10-7-8)5-6-11-2/h8-10H,3-7H2,1-2H3. The molecule has 0 saturated carbocycles. The minimum absolute atomic E-state index is 0.714. The van der Waals surface area contributed by atoms with E-state index in [2.05, 4.69) is 12.2 Å². The molecule has 0 aromatic carbocycles. The van der Waals surface area contributed by atoms with E-state index in [4.69, 9.17) is 4.74 Å². The number of ether oxygens (including phenoxy) is 1. The van der Waals surface area contributed by atoms with Gasteiger partial charge in [0.15, 0.2) is 0 Å². The lowest BCUT2D eigenvalue weighted by atomic mass is 9.95. The van der Waals surface area contributed by atoms with Gasteiger partial charge in [-0.05, 0) is 31.7 Å². The van der Waals surface area contributed by atoms with Crippen molar-refractivity contribution in [2.75, 3.05) is 20.3 Å². The molecule has 0 aliphatic carbocycles. The fourth-order valence-corrected chi connectivity index (χ4v) is 1.56. The highest BCUT2D eigenvalue weighted by atomic mass is 16.5. The quantitative estimate of drug-likeness (QED) is 0.669. The Balaban J connectivity index is 2.07. The van der Waals surface area contributed by atoms with Gasteiger partial charge in [0.25, 0.3) is 0 Å². The predicted octanol–water partition coefficient (Wildman–Crippen LogP) is 1.41. The van der Waals surface area contributed by atoms with Crippen molar-refractivity contribution in [1.29, 1.82) is 0 Å². The van der Waals surface area contributed by atoms with Gasteiger partial charge < -0.3 is 10.1 Å². The fourth-order valence-electron chi connectivity index (χ4n) is 1.56. The lowest BCUT2D eigenvalue weighted by molar-refractivity contribution is 0.172. The van der Waals surface area contributed by atoms with Gasteiger partial charge in [0.1, 0.15) is 0 Å². The monoisotopic (exact) mass is 157 g/mol. The van der Waals surface area contributed by atoms with Crippen molar-refractivity contribution in [3.05, 3.63) is 0 Å². The lowest BCUT2D eigenvalue weighted by Crippen LogP contribution is -2.38. The van der Waals surface area contributed by atoms with Crippen LogP contribution >= 0.6 is 0 Å². The molecule has 0 radical (unpaired) electrons. The average molecular weight is 157 g/mol. The van der Waals surface area contributed by atoms with E-state index >= 15 is 0 Å². The van der Waals surface area contributed by atoms with Crippen molar-refractivity contribution >= 4 is 0 Å². The topological polar surface area (TPSA) is 21.3 Å². The zero-order chi connectivity index (χ0) is 8.10. The Labute approximate surface area is 69.3 Å². The van der Waals surface area contributed by atoms with Gasteiger partial charge in [-0.2, -0.15) is 0 Å². The van der Waals surface area contributed by atoms with E-state index in [0.29, 0.717) is 6.04 Å². The molecule has 1 heterocycles. The first-order chi connectivity index (χ1) is 5.33. The fraction of sp³-hybridized carbons (Fsp3) is 1.00. The second-order valence-corrected chi connectivity index (χ2v) is 3.57. The van der Waals surface area contributed by atoms with Crippen molar-refractivity contribution in [3.63, 3.8) is 0 Å². The van der Waals surface area contributed by atoms with Crippen LogP contribution in [-0.4, -0.2) is 26.3 Å². The van der Waals surface area contributed by atoms with Gasteiger partial charge in [-0.25, -0.2) is 0 Å². The minimum atomic E-state index is 0.714. The smallest absolute Gasteiger partial charge is 0.0477 e. The molecule has 1 saturated heterocycles. The second kappa shape index (κ2) is 4.73. The molecule has 1 rings (SSSR count). The summed E-state index contributed by atoms with van der Waals surface area (Å²) < 4.78 is 5.03. The molecule has 11 heavy (non-hydrogen) atoms. The van der Waals surface area contributed by atoms with E-state index < -0.39 is 0 Å². The molecule has 1 aliphatic heterocycles. The summed E-state index contributed by atoms with van der Waals surface area (Å²) in [7, 11) is 1.77. The molecule has 1 N–H and O–H groups in total. The van der Waals surface area contributed by atoms with Crippen molar-refractivity contribution in [3.8, 4) is 0 Å². The summed E-state index contributed by atoms with van der Waals surface area (Å²) in [4.78, 5) is 0. The van der Waals surface area contributed by atoms with Crippen LogP contribution in [0.5, 0.6) is 0 Å². The summed E-state index contributed by atoms with van der Waals surface area (Å²) in [6.07, 6.45) is 3.87. The molecular formula is C9H19NO. The van der Waals surface area contributed by atoms with Gasteiger partial charge in [-0.3, -0.25) is 0 Å². The number of hydrogen-bond donors (Lipinski definition) is 1. The number of methoxy groups -OCH3 is 1. The molecule has 2 atom stereocenters. The van der Waals surface area contributed by atoms with E-state index in [-0.39, 0.29) is 0 Å². The summed E-state index contributed by atoms with van der Waals surface area (Å²) >= 11 is 0. The summed E-state index contributed by atoms with van der Waals surface area (Å²) in [5, 5.41) is 3.52. The largest absolute Gasteiger partial charge is 0.385 e. The van der Waals surface area contributed by atoms with E-state index in [1.807, 2.05) is 0 Å². The molecule has 0 aromatic heterocycles. The van der Waals surface area contributed by atoms with Crippen LogP contribution in [0.1, 0.15) is 26.2 Å². The van der Waals surface area contributed by atoms with Gasteiger partial charge in [0.2, 0.25) is 0 Å². The molecule has 2 heteroatoms. The Morgan fingerprint density at radius 1 is 1.45 bits per heavy atom. The van der Waals surface area contributed by atoms with E-state index in [1.54, 1.807) is 7.11 Å². The molecule has 1 fully saturated rings. The van der Waals surface area contributed by atoms with Crippen molar-refractivity contribution in [2.45, 2.75) is 32.2 Å². The summed E-state index contributed by atoms with van der Waals surface area (Å²) in [6.45, 7) is 4.39. The van der Waals surface area contributed by atoms with Gasteiger partial charge in [-0.1, -0.05) is 6.92 Å². The van der Waals surface area contributed by atoms with Crippen LogP contribution in [0.25, 0.3) is 0 Å². The maximum Gasteiger partial charge on any atom is 0.0477 e. The first-order valence-electron chi connectivity index (χ1n) is 4.55. The average Bonchev–Trinajstić information content (AvgIpc) is 2.04. The Morgan fingerprint density at radius 2 is 2.27 bits per heavy atom. The van der Waals surface area contributed by atoms with Crippen LogP contribution in [0, 0.1) is 5.92 Å². The van der Waals surface area contributed by atoms with Crippen molar-refractivity contribution in [1.82, 2.24) is 5.32 Å². The normalized spacial score (nSPS) is 32.2. The van der Waals surface area contributed by atoms with E-state index in [9.17, 15) is 0 Å². The predicted molar refractivity (Wildman–Crippen MR) is 46.7 cm³/mol. The zero-order valence-corrected chi connectivity index (χ0v) is 7.60. The second-order valence-electron chi connectivity index (χ2n) is 3.57. The van der Waals surface area contributed by atoms with Crippen LogP contribution in [0.15, 0.2) is 0 Å². The maximum atomic E-state index is 5.03. The lowest BCUT2D eigenvalue weighted by Gasteiger charge is -2.27. The Kier molecular flexibility index (Phi) is 3.87. The van der Waals surface area contributed by atoms with Crippen LogP contribution in [0.4, 0.5) is 0 Å². The summed E-state index contributed by atoms with van der Waals surface area (Å²) in [5.74, 6) is 0.869. The third-order valence-corrected chi connectivity index (χ3v) is 2.43. The number of piperidine rings is 1. The van der Waals surface area contributed by atoms with Gasteiger partial charge in [-0.15, -0.1) is 0 Å². The summed E-state index contributed by atoms with van der Waals surface area (Å²) in [5.41, 5.74) is 0. The molecule has 2 unspecified atom stereocenters. The van der Waals surface area contributed by atoms with Gasteiger partial charge in [0, 0.05) is 19.8 Å². The Bertz CT molecular complexity index is 95.0.